The van der Waals surface area contributed by atoms with Gasteiger partial charge in [-0.25, -0.2) is 0 Å². The summed E-state index contributed by atoms with van der Waals surface area (Å²) >= 11 is 0. The molecule has 478 valence electrons. The Balaban J connectivity index is 1.14. The first-order chi connectivity index (χ1) is 44.9. The van der Waals surface area contributed by atoms with Gasteiger partial charge in [0.25, 0.3) is 0 Å². The van der Waals surface area contributed by atoms with Gasteiger partial charge in [-0.3, -0.25) is 0 Å². The zero-order valence-electron chi connectivity index (χ0n) is 59.7. The standard InChI is InChI=1S/C93H96N2/c1-88(2,3)67-37-27-58(28-38-67)62-35-47-81-77(52-62)86-78-53-63(59-29-39-68(40-30-59)89(4,5)6)36-48-82(78)95(80-50-46-72(93(16,17)18)57-76(80)61-33-43-70(44-34-61)91(10,11)12)84-55-66(85-73-25-21-19-23-64(73)51-65-24-20-22-26-74(65)85)54-83(87(84)86)94(81)79-49-45-71(92(13,14)15)56-75(79)60-31-41-69(42-32-60)90(7,8)9/h19-50,52-57,85-86H,51H2,1-18H3. The first-order valence-electron chi connectivity index (χ1n) is 34.8. The molecular weight excluding hydrogens is 1150 g/mol. The highest BCUT2D eigenvalue weighted by Gasteiger charge is 2.44. The van der Waals surface area contributed by atoms with Crippen LogP contribution in [-0.4, -0.2) is 0 Å². The molecule has 0 spiro atoms. The molecule has 0 fully saturated rings. The molecule has 2 nitrogen and oxygen atoms in total. The van der Waals surface area contributed by atoms with Gasteiger partial charge in [0.15, 0.2) is 0 Å². The molecule has 14 rings (SSSR count). The van der Waals surface area contributed by atoms with E-state index in [1.807, 2.05) is 0 Å². The number of fused-ring (bicyclic) bond motifs is 6. The van der Waals surface area contributed by atoms with Crippen molar-refractivity contribution in [2.75, 3.05) is 9.80 Å². The molecule has 2 heteroatoms. The van der Waals surface area contributed by atoms with Gasteiger partial charge in [0, 0.05) is 28.5 Å². The molecule has 95 heavy (non-hydrogen) atoms. The third-order valence-corrected chi connectivity index (χ3v) is 21.0. The lowest BCUT2D eigenvalue weighted by atomic mass is 9.71. The summed E-state index contributed by atoms with van der Waals surface area (Å²) in [6.45, 7) is 41.9. The second kappa shape index (κ2) is 22.9. The molecule has 0 bridgehead atoms. The van der Waals surface area contributed by atoms with Crippen LogP contribution in [0.5, 0.6) is 0 Å². The molecule has 0 saturated heterocycles. The lowest BCUT2D eigenvalue weighted by molar-refractivity contribution is 0.589. The number of rotatable bonds is 7. The monoisotopic (exact) mass is 1240 g/mol. The van der Waals surface area contributed by atoms with Crippen molar-refractivity contribution in [3.63, 3.8) is 0 Å². The Bertz CT molecular complexity index is 4460. The highest BCUT2D eigenvalue weighted by Crippen LogP contribution is 2.64. The summed E-state index contributed by atoms with van der Waals surface area (Å²) in [5.74, 6) is -0.216. The molecule has 0 amide bonds. The van der Waals surface area contributed by atoms with E-state index in [1.54, 1.807) is 0 Å². The minimum absolute atomic E-state index is 0.00318. The summed E-state index contributed by atoms with van der Waals surface area (Å²) in [5.41, 5.74) is 35.1. The Morgan fingerprint density at radius 3 is 0.874 bits per heavy atom. The zero-order chi connectivity index (χ0) is 67.1. The van der Waals surface area contributed by atoms with Gasteiger partial charge in [-0.05, 0) is 205 Å². The van der Waals surface area contributed by atoms with Crippen LogP contribution in [0.25, 0.3) is 44.5 Å². The van der Waals surface area contributed by atoms with E-state index in [1.165, 1.54) is 145 Å². The van der Waals surface area contributed by atoms with E-state index in [0.29, 0.717) is 0 Å². The number of nitrogens with zero attached hydrogens (tertiary/aromatic N) is 2. The highest BCUT2D eigenvalue weighted by molar-refractivity contribution is 6.02. The third kappa shape index (κ3) is 11.6. The average Bonchev–Trinajstić information content (AvgIpc) is 0.693. The summed E-state index contributed by atoms with van der Waals surface area (Å²) in [5, 5.41) is 0. The van der Waals surface area contributed by atoms with Crippen LogP contribution in [0.2, 0.25) is 0 Å². The fraction of sp³-hybridized carbons (Fsp3) is 0.290. The van der Waals surface area contributed by atoms with E-state index in [-0.39, 0.29) is 44.3 Å². The molecule has 0 radical (unpaired) electrons. The van der Waals surface area contributed by atoms with E-state index >= 15 is 0 Å². The number of benzene rings is 11. The molecule has 11 aromatic rings. The van der Waals surface area contributed by atoms with Crippen molar-refractivity contribution in [1.82, 2.24) is 0 Å². The summed E-state index contributed by atoms with van der Waals surface area (Å²) in [4.78, 5) is 5.40. The van der Waals surface area contributed by atoms with Gasteiger partial charge in [0.1, 0.15) is 0 Å². The maximum atomic E-state index is 2.70. The minimum atomic E-state index is -0.174. The Morgan fingerprint density at radius 1 is 0.242 bits per heavy atom. The normalized spacial score (nSPS) is 14.3. The largest absolute Gasteiger partial charge is 0.309 e. The zero-order valence-corrected chi connectivity index (χ0v) is 59.7. The average molecular weight is 1240 g/mol. The summed E-state index contributed by atoms with van der Waals surface area (Å²) in [6.07, 6.45) is 0.902. The van der Waals surface area contributed by atoms with Gasteiger partial charge >= 0.3 is 0 Å². The van der Waals surface area contributed by atoms with Crippen molar-refractivity contribution >= 4 is 34.1 Å². The van der Waals surface area contributed by atoms with Gasteiger partial charge in [-0.1, -0.05) is 294 Å². The van der Waals surface area contributed by atoms with E-state index in [2.05, 4.69) is 365 Å². The van der Waals surface area contributed by atoms with Crippen LogP contribution < -0.4 is 9.80 Å². The second-order valence-electron chi connectivity index (χ2n) is 33.9. The number of hydrogen-bond donors (Lipinski definition) is 0. The SMILES string of the molecule is CC(C)(C)c1ccc(-c2ccc3c(c2)C2c4cc(-c5ccc(C(C)(C)C)cc5)ccc4N(c4ccc(C(C)(C)C)cc4-c4ccc(C(C)(C)C)cc4)c4cc(C5c6ccccc6Cc6ccccc65)cc(c42)N3c2ccc(C(C)(C)C)cc2-c2ccc(C(C)(C)C)cc2)cc1. The Labute approximate surface area is 568 Å². The predicted octanol–water partition coefficient (Wildman–Crippen LogP) is 26.0. The number of hydrogen-bond acceptors (Lipinski definition) is 2. The summed E-state index contributed by atoms with van der Waals surface area (Å²) in [7, 11) is 0. The predicted molar refractivity (Wildman–Crippen MR) is 407 cm³/mol. The smallest absolute Gasteiger partial charge is 0.0540 e. The van der Waals surface area contributed by atoms with Crippen molar-refractivity contribution < 1.29 is 0 Å². The van der Waals surface area contributed by atoms with Crippen LogP contribution in [0.1, 0.15) is 214 Å². The summed E-state index contributed by atoms with van der Waals surface area (Å²) in [6, 6.07) is 91.2. The van der Waals surface area contributed by atoms with Gasteiger partial charge < -0.3 is 9.80 Å². The van der Waals surface area contributed by atoms with Crippen molar-refractivity contribution in [2.24, 2.45) is 0 Å². The Kier molecular flexibility index (Phi) is 15.3. The lowest BCUT2D eigenvalue weighted by Gasteiger charge is -2.47. The molecule has 0 saturated carbocycles. The molecule has 0 atom stereocenters. The molecular formula is C93H96N2. The minimum Gasteiger partial charge on any atom is -0.309 e. The molecule has 3 aliphatic rings. The topological polar surface area (TPSA) is 6.48 Å². The van der Waals surface area contributed by atoms with Crippen molar-refractivity contribution in [2.45, 2.75) is 175 Å². The molecule has 0 aromatic heterocycles. The van der Waals surface area contributed by atoms with Crippen LogP contribution in [0, 0.1) is 0 Å². The van der Waals surface area contributed by atoms with Gasteiger partial charge in [0.2, 0.25) is 0 Å². The van der Waals surface area contributed by atoms with E-state index < -0.39 is 0 Å². The van der Waals surface area contributed by atoms with Crippen LogP contribution in [0.4, 0.5) is 34.1 Å². The molecule has 0 N–H and O–H groups in total. The fourth-order valence-electron chi connectivity index (χ4n) is 15.2. The maximum absolute atomic E-state index is 2.70. The van der Waals surface area contributed by atoms with E-state index in [4.69, 9.17) is 0 Å². The van der Waals surface area contributed by atoms with E-state index in [9.17, 15) is 0 Å². The summed E-state index contributed by atoms with van der Waals surface area (Å²) < 4.78 is 0. The maximum Gasteiger partial charge on any atom is 0.0540 e. The highest BCUT2D eigenvalue weighted by atomic mass is 15.2. The van der Waals surface area contributed by atoms with Gasteiger partial charge in [-0.2, -0.15) is 0 Å². The van der Waals surface area contributed by atoms with Crippen LogP contribution >= 0.6 is 0 Å². The van der Waals surface area contributed by atoms with Gasteiger partial charge in [-0.15, -0.1) is 0 Å². The van der Waals surface area contributed by atoms with E-state index in [0.717, 1.165) is 17.8 Å². The quantitative estimate of drug-likeness (QED) is 0.157. The Hall–Kier alpha value is -8.98. The third-order valence-electron chi connectivity index (χ3n) is 21.0. The van der Waals surface area contributed by atoms with Crippen LogP contribution in [0.3, 0.4) is 0 Å². The van der Waals surface area contributed by atoms with Crippen molar-refractivity contribution in [1.29, 1.82) is 0 Å². The molecule has 11 aromatic carbocycles. The van der Waals surface area contributed by atoms with Crippen molar-refractivity contribution in [3.8, 4) is 44.5 Å². The van der Waals surface area contributed by atoms with Crippen LogP contribution in [0.15, 0.2) is 231 Å². The van der Waals surface area contributed by atoms with Gasteiger partial charge in [0.05, 0.1) is 34.1 Å². The Morgan fingerprint density at radius 2 is 0.537 bits per heavy atom. The molecule has 2 aliphatic heterocycles. The molecule has 1 aliphatic carbocycles. The first-order valence-corrected chi connectivity index (χ1v) is 34.8. The lowest BCUT2D eigenvalue weighted by Crippen LogP contribution is -2.30. The number of anilines is 6. The molecule has 2 heterocycles. The second-order valence-corrected chi connectivity index (χ2v) is 33.9. The van der Waals surface area contributed by atoms with Crippen LogP contribution in [-0.2, 0) is 38.9 Å². The molecule has 0 unspecified atom stereocenters. The first kappa shape index (κ1) is 63.4. The fourth-order valence-corrected chi connectivity index (χ4v) is 15.2. The van der Waals surface area contributed by atoms with Crippen molar-refractivity contribution in [3.05, 3.63) is 308 Å².